The molecule has 0 aliphatic heterocycles. The predicted molar refractivity (Wildman–Crippen MR) is 90.1 cm³/mol. The second kappa shape index (κ2) is 7.09. The minimum absolute atomic E-state index is 0.142. The number of carbonyl (C=O) groups is 2. The molecule has 0 aliphatic carbocycles. The summed E-state index contributed by atoms with van der Waals surface area (Å²) < 4.78 is 5.15. The smallest absolute Gasteiger partial charge is 0.325 e. The summed E-state index contributed by atoms with van der Waals surface area (Å²) in [5.41, 5.74) is 2.08. The molecule has 2 aromatic carbocycles. The summed E-state index contributed by atoms with van der Waals surface area (Å²) >= 11 is 0. The average molecular weight is 311 g/mol. The molecule has 2 aromatic rings. The second-order valence-electron chi connectivity index (χ2n) is 6.21. The lowest BCUT2D eigenvalue weighted by Gasteiger charge is -2.19. The molecule has 0 aromatic heterocycles. The van der Waals surface area contributed by atoms with E-state index in [0.717, 1.165) is 11.1 Å². The van der Waals surface area contributed by atoms with Gasteiger partial charge in [0.15, 0.2) is 0 Å². The average Bonchev–Trinajstić information content (AvgIpc) is 2.52. The Morgan fingerprint density at radius 1 is 0.913 bits per heavy atom. The molecule has 2 rings (SSSR count). The Kier molecular flexibility index (Phi) is 5.16. The summed E-state index contributed by atoms with van der Waals surface area (Å²) in [6.07, 6.45) is 0. The predicted octanol–water partition coefficient (Wildman–Crippen LogP) is 3.43. The SMILES string of the molecule is CC(C)(C)OC(=O)CNC(=O)c1ccc(-c2ccccc2)cc1. The molecule has 4 heteroatoms. The monoisotopic (exact) mass is 311 g/mol. The Morgan fingerprint density at radius 2 is 1.48 bits per heavy atom. The molecule has 1 N–H and O–H groups in total. The Hall–Kier alpha value is -2.62. The van der Waals surface area contributed by atoms with E-state index in [4.69, 9.17) is 4.74 Å². The first-order valence-electron chi connectivity index (χ1n) is 7.51. The van der Waals surface area contributed by atoms with Gasteiger partial charge < -0.3 is 10.1 Å². The van der Waals surface area contributed by atoms with E-state index in [1.165, 1.54) is 0 Å². The van der Waals surface area contributed by atoms with Gasteiger partial charge in [-0.3, -0.25) is 9.59 Å². The van der Waals surface area contributed by atoms with E-state index in [9.17, 15) is 9.59 Å². The molecule has 0 atom stereocenters. The van der Waals surface area contributed by atoms with Gasteiger partial charge in [-0.25, -0.2) is 0 Å². The Labute approximate surface area is 136 Å². The summed E-state index contributed by atoms with van der Waals surface area (Å²) in [6.45, 7) is 5.22. The fraction of sp³-hybridized carbons (Fsp3) is 0.263. The van der Waals surface area contributed by atoms with Crippen molar-refractivity contribution in [2.45, 2.75) is 26.4 Å². The molecule has 0 fully saturated rings. The third-order valence-electron chi connectivity index (χ3n) is 3.07. The maximum Gasteiger partial charge on any atom is 0.325 e. The molecule has 0 saturated heterocycles. The van der Waals surface area contributed by atoms with Crippen molar-refractivity contribution >= 4 is 11.9 Å². The fourth-order valence-electron chi connectivity index (χ4n) is 2.08. The zero-order chi connectivity index (χ0) is 16.9. The van der Waals surface area contributed by atoms with Gasteiger partial charge in [0.25, 0.3) is 5.91 Å². The highest BCUT2D eigenvalue weighted by Crippen LogP contribution is 2.19. The first kappa shape index (κ1) is 16.7. The van der Waals surface area contributed by atoms with Gasteiger partial charge in [0.2, 0.25) is 0 Å². The number of nitrogens with one attached hydrogen (secondary N) is 1. The van der Waals surface area contributed by atoms with Crippen LogP contribution in [-0.2, 0) is 9.53 Å². The van der Waals surface area contributed by atoms with Gasteiger partial charge in [-0.1, -0.05) is 42.5 Å². The third-order valence-corrected chi connectivity index (χ3v) is 3.07. The van der Waals surface area contributed by atoms with Crippen LogP contribution in [0, 0.1) is 0 Å². The molecule has 0 aliphatic rings. The highest BCUT2D eigenvalue weighted by molar-refractivity contribution is 5.96. The Bertz CT molecular complexity index is 670. The summed E-state index contributed by atoms with van der Waals surface area (Å²) in [5, 5.41) is 2.57. The molecule has 0 bridgehead atoms. The minimum atomic E-state index is -0.556. The van der Waals surface area contributed by atoms with E-state index < -0.39 is 11.6 Å². The van der Waals surface area contributed by atoms with Crippen molar-refractivity contribution in [3.63, 3.8) is 0 Å². The Morgan fingerprint density at radius 3 is 2.04 bits per heavy atom. The lowest BCUT2D eigenvalue weighted by Crippen LogP contribution is -2.34. The van der Waals surface area contributed by atoms with Crippen LogP contribution in [0.4, 0.5) is 0 Å². The van der Waals surface area contributed by atoms with Gasteiger partial charge >= 0.3 is 5.97 Å². The van der Waals surface area contributed by atoms with Crippen LogP contribution in [-0.4, -0.2) is 24.0 Å². The summed E-state index contributed by atoms with van der Waals surface area (Å²) in [7, 11) is 0. The summed E-state index contributed by atoms with van der Waals surface area (Å²) in [5.74, 6) is -0.748. The van der Waals surface area contributed by atoms with E-state index in [2.05, 4.69) is 5.32 Å². The molecular formula is C19H21NO3. The second-order valence-corrected chi connectivity index (χ2v) is 6.21. The molecule has 0 radical (unpaired) electrons. The van der Waals surface area contributed by atoms with Crippen LogP contribution in [0.2, 0.25) is 0 Å². The number of esters is 1. The van der Waals surface area contributed by atoms with Gasteiger partial charge in [-0.15, -0.1) is 0 Å². The van der Waals surface area contributed by atoms with Crippen molar-refractivity contribution in [3.8, 4) is 11.1 Å². The molecule has 0 spiro atoms. The number of benzene rings is 2. The lowest BCUT2D eigenvalue weighted by atomic mass is 10.0. The third kappa shape index (κ3) is 5.25. The number of hydrogen-bond acceptors (Lipinski definition) is 3. The minimum Gasteiger partial charge on any atom is -0.459 e. The highest BCUT2D eigenvalue weighted by atomic mass is 16.6. The number of hydrogen-bond donors (Lipinski definition) is 1. The number of rotatable bonds is 4. The molecule has 0 saturated carbocycles. The van der Waals surface area contributed by atoms with E-state index in [1.54, 1.807) is 32.9 Å². The van der Waals surface area contributed by atoms with E-state index in [0.29, 0.717) is 5.56 Å². The van der Waals surface area contributed by atoms with E-state index in [-0.39, 0.29) is 12.5 Å². The zero-order valence-electron chi connectivity index (χ0n) is 13.6. The van der Waals surface area contributed by atoms with Crippen molar-refractivity contribution < 1.29 is 14.3 Å². The zero-order valence-corrected chi connectivity index (χ0v) is 13.6. The quantitative estimate of drug-likeness (QED) is 0.880. The maximum atomic E-state index is 12.0. The summed E-state index contributed by atoms with van der Waals surface area (Å²) in [6, 6.07) is 17.2. The first-order chi connectivity index (χ1) is 10.8. The van der Waals surface area contributed by atoms with Crippen molar-refractivity contribution in [1.82, 2.24) is 5.32 Å². The maximum absolute atomic E-state index is 12.0. The first-order valence-corrected chi connectivity index (χ1v) is 7.51. The van der Waals surface area contributed by atoms with Crippen LogP contribution in [0.1, 0.15) is 31.1 Å². The van der Waals surface area contributed by atoms with E-state index in [1.807, 2.05) is 42.5 Å². The van der Waals surface area contributed by atoms with Gasteiger partial charge in [-0.2, -0.15) is 0 Å². The standard InChI is InChI=1S/C19H21NO3/c1-19(2,3)23-17(21)13-20-18(22)16-11-9-15(10-12-16)14-7-5-4-6-8-14/h4-12H,13H2,1-3H3,(H,20,22). The van der Waals surface area contributed by atoms with Crippen molar-refractivity contribution in [3.05, 3.63) is 60.2 Å². The highest BCUT2D eigenvalue weighted by Gasteiger charge is 2.17. The van der Waals surface area contributed by atoms with Crippen molar-refractivity contribution in [2.24, 2.45) is 0 Å². The number of ether oxygens (including phenoxy) is 1. The fourth-order valence-corrected chi connectivity index (χ4v) is 2.08. The molecule has 0 unspecified atom stereocenters. The van der Waals surface area contributed by atoms with Crippen LogP contribution in [0.3, 0.4) is 0 Å². The topological polar surface area (TPSA) is 55.4 Å². The number of amides is 1. The largest absolute Gasteiger partial charge is 0.459 e. The normalized spacial score (nSPS) is 10.9. The van der Waals surface area contributed by atoms with Crippen molar-refractivity contribution in [2.75, 3.05) is 6.54 Å². The van der Waals surface area contributed by atoms with Crippen LogP contribution >= 0.6 is 0 Å². The summed E-state index contributed by atoms with van der Waals surface area (Å²) in [4.78, 5) is 23.6. The molecule has 4 nitrogen and oxygen atoms in total. The van der Waals surface area contributed by atoms with Crippen molar-refractivity contribution in [1.29, 1.82) is 0 Å². The van der Waals surface area contributed by atoms with Gasteiger partial charge in [0, 0.05) is 5.56 Å². The number of carbonyl (C=O) groups excluding carboxylic acids is 2. The van der Waals surface area contributed by atoms with Gasteiger partial charge in [0.05, 0.1) is 0 Å². The van der Waals surface area contributed by atoms with Gasteiger partial charge in [0.1, 0.15) is 12.1 Å². The molecular weight excluding hydrogens is 290 g/mol. The lowest BCUT2D eigenvalue weighted by molar-refractivity contribution is -0.153. The van der Waals surface area contributed by atoms with Crippen LogP contribution in [0.15, 0.2) is 54.6 Å². The van der Waals surface area contributed by atoms with Crippen LogP contribution < -0.4 is 5.32 Å². The molecule has 23 heavy (non-hydrogen) atoms. The van der Waals surface area contributed by atoms with Crippen LogP contribution in [0.25, 0.3) is 11.1 Å². The van der Waals surface area contributed by atoms with E-state index >= 15 is 0 Å². The molecule has 0 heterocycles. The Balaban J connectivity index is 1.94. The van der Waals surface area contributed by atoms with Crippen LogP contribution in [0.5, 0.6) is 0 Å². The van der Waals surface area contributed by atoms with Gasteiger partial charge in [-0.05, 0) is 44.0 Å². The molecule has 120 valence electrons. The molecule has 1 amide bonds.